The Hall–Kier alpha value is -1.82. The molecule has 1 heterocycles. The number of hydrogen-bond acceptors (Lipinski definition) is 3. The van der Waals surface area contributed by atoms with Crippen molar-refractivity contribution in [2.75, 3.05) is 7.11 Å². The van der Waals surface area contributed by atoms with Crippen molar-refractivity contribution in [1.82, 2.24) is 10.2 Å². The van der Waals surface area contributed by atoms with Gasteiger partial charge in [0.15, 0.2) is 0 Å². The highest BCUT2D eigenvalue weighted by Gasteiger charge is 2.18. The van der Waals surface area contributed by atoms with E-state index in [0.29, 0.717) is 11.4 Å². The van der Waals surface area contributed by atoms with Gasteiger partial charge in [0, 0.05) is 5.56 Å². The Morgan fingerprint density at radius 2 is 2.11 bits per heavy atom. The van der Waals surface area contributed by atoms with Crippen LogP contribution in [0.25, 0.3) is 11.3 Å². The topological polar surface area (TPSA) is 75.2 Å². The second-order valence-electron chi connectivity index (χ2n) is 4.18. The Morgan fingerprint density at radius 3 is 2.63 bits per heavy atom. The molecule has 19 heavy (non-hydrogen) atoms. The van der Waals surface area contributed by atoms with Gasteiger partial charge in [-0.3, -0.25) is 5.10 Å². The summed E-state index contributed by atoms with van der Waals surface area (Å²) >= 11 is 3.45. The quantitative estimate of drug-likeness (QED) is 0.909. The molecule has 0 unspecified atom stereocenters. The summed E-state index contributed by atoms with van der Waals surface area (Å²) in [7, 11) is 1.57. The van der Waals surface area contributed by atoms with Crippen molar-refractivity contribution in [3.8, 4) is 17.0 Å². The van der Waals surface area contributed by atoms with Gasteiger partial charge in [-0.2, -0.15) is 5.10 Å². The molecule has 6 heteroatoms. The monoisotopic (exact) mass is 324 g/mol. The zero-order valence-corrected chi connectivity index (χ0v) is 12.3. The van der Waals surface area contributed by atoms with Gasteiger partial charge in [-0.15, -0.1) is 0 Å². The zero-order chi connectivity index (χ0) is 14.2. The number of ether oxygens (including phenoxy) is 1. The fourth-order valence-electron chi connectivity index (χ4n) is 1.92. The first-order valence-corrected chi connectivity index (χ1v) is 6.37. The van der Waals surface area contributed by atoms with Gasteiger partial charge in [0.2, 0.25) is 0 Å². The number of nitrogens with one attached hydrogen (secondary N) is 1. The summed E-state index contributed by atoms with van der Waals surface area (Å²) in [6, 6.07) is 3.46. The van der Waals surface area contributed by atoms with Crippen molar-refractivity contribution < 1.29 is 14.6 Å². The number of aromatic carboxylic acids is 1. The SMILES string of the molecule is COc1c(Br)cc(C)c(C)c1-c1cc(C(=O)O)[nH]n1. The van der Waals surface area contributed by atoms with Crippen molar-refractivity contribution in [3.63, 3.8) is 0 Å². The Labute approximate surface area is 118 Å². The second kappa shape index (κ2) is 5.05. The molecule has 1 aromatic heterocycles. The highest BCUT2D eigenvalue weighted by molar-refractivity contribution is 9.10. The summed E-state index contributed by atoms with van der Waals surface area (Å²) in [6.07, 6.45) is 0. The molecule has 0 aliphatic carbocycles. The molecule has 5 nitrogen and oxygen atoms in total. The normalized spacial score (nSPS) is 10.5. The second-order valence-corrected chi connectivity index (χ2v) is 5.03. The molecule has 0 fully saturated rings. The highest BCUT2D eigenvalue weighted by Crippen LogP contribution is 2.39. The van der Waals surface area contributed by atoms with E-state index in [0.717, 1.165) is 21.2 Å². The summed E-state index contributed by atoms with van der Waals surface area (Å²) in [4.78, 5) is 10.9. The standard InChI is InChI=1S/C13H13BrN2O3/c1-6-4-8(14)12(19-3)11(7(6)2)9-5-10(13(17)18)16-15-9/h4-5H,1-3H3,(H,15,16)(H,17,18). The molecular weight excluding hydrogens is 312 g/mol. The number of aromatic nitrogens is 2. The van der Waals surface area contributed by atoms with Crippen LogP contribution < -0.4 is 4.74 Å². The van der Waals surface area contributed by atoms with Crippen LogP contribution in [0, 0.1) is 13.8 Å². The largest absolute Gasteiger partial charge is 0.495 e. The van der Waals surface area contributed by atoms with Crippen LogP contribution in [0.4, 0.5) is 0 Å². The van der Waals surface area contributed by atoms with Crippen molar-refractivity contribution >= 4 is 21.9 Å². The predicted molar refractivity (Wildman–Crippen MR) is 74.7 cm³/mol. The van der Waals surface area contributed by atoms with Gasteiger partial charge in [0.25, 0.3) is 0 Å². The van der Waals surface area contributed by atoms with Crippen LogP contribution in [0.5, 0.6) is 5.75 Å². The predicted octanol–water partition coefficient (Wildman–Crippen LogP) is 3.16. The number of H-pyrrole nitrogens is 1. The molecule has 0 saturated heterocycles. The number of nitrogens with zero attached hydrogens (tertiary/aromatic N) is 1. The molecule has 2 aromatic rings. The Kier molecular flexibility index (Phi) is 3.61. The van der Waals surface area contributed by atoms with E-state index >= 15 is 0 Å². The van der Waals surface area contributed by atoms with Gasteiger partial charge in [-0.25, -0.2) is 4.79 Å². The van der Waals surface area contributed by atoms with Gasteiger partial charge in [-0.1, -0.05) is 0 Å². The van der Waals surface area contributed by atoms with E-state index in [1.807, 2.05) is 19.9 Å². The minimum absolute atomic E-state index is 0.0501. The molecule has 0 aliphatic heterocycles. The smallest absolute Gasteiger partial charge is 0.353 e. The number of aryl methyl sites for hydroxylation is 1. The lowest BCUT2D eigenvalue weighted by Gasteiger charge is -2.14. The lowest BCUT2D eigenvalue weighted by Crippen LogP contribution is -1.96. The molecule has 2 rings (SSSR count). The first-order valence-electron chi connectivity index (χ1n) is 5.58. The van der Waals surface area contributed by atoms with E-state index in [1.54, 1.807) is 7.11 Å². The maximum Gasteiger partial charge on any atom is 0.353 e. The van der Waals surface area contributed by atoms with E-state index in [2.05, 4.69) is 26.1 Å². The maximum atomic E-state index is 10.9. The lowest BCUT2D eigenvalue weighted by atomic mass is 9.99. The number of benzene rings is 1. The van der Waals surface area contributed by atoms with Crippen LogP contribution in [0.15, 0.2) is 16.6 Å². The van der Waals surface area contributed by atoms with E-state index < -0.39 is 5.97 Å². The fourth-order valence-corrected chi connectivity index (χ4v) is 2.62. The average Bonchev–Trinajstić information content (AvgIpc) is 2.82. The summed E-state index contributed by atoms with van der Waals surface area (Å²) < 4.78 is 6.20. The molecule has 100 valence electrons. The molecule has 0 saturated carbocycles. The minimum Gasteiger partial charge on any atom is -0.495 e. The molecule has 1 aromatic carbocycles. The van der Waals surface area contributed by atoms with Crippen molar-refractivity contribution in [2.24, 2.45) is 0 Å². The molecular formula is C13H13BrN2O3. The highest BCUT2D eigenvalue weighted by atomic mass is 79.9. The van der Waals surface area contributed by atoms with E-state index in [9.17, 15) is 4.79 Å². The maximum absolute atomic E-state index is 10.9. The molecule has 0 amide bonds. The lowest BCUT2D eigenvalue weighted by molar-refractivity contribution is 0.0690. The van der Waals surface area contributed by atoms with E-state index in [4.69, 9.17) is 9.84 Å². The van der Waals surface area contributed by atoms with Crippen molar-refractivity contribution in [2.45, 2.75) is 13.8 Å². The van der Waals surface area contributed by atoms with Crippen LogP contribution >= 0.6 is 15.9 Å². The van der Waals surface area contributed by atoms with Gasteiger partial charge in [0.05, 0.1) is 17.3 Å². The van der Waals surface area contributed by atoms with Gasteiger partial charge in [-0.05, 0) is 53.0 Å². The number of carbonyl (C=O) groups is 1. The minimum atomic E-state index is -1.04. The number of carboxylic acid groups (broad SMARTS) is 1. The third-order valence-corrected chi connectivity index (χ3v) is 3.61. The summed E-state index contributed by atoms with van der Waals surface area (Å²) in [6.45, 7) is 3.93. The summed E-state index contributed by atoms with van der Waals surface area (Å²) in [5.74, 6) is -0.395. The number of methoxy groups -OCH3 is 1. The molecule has 0 spiro atoms. The van der Waals surface area contributed by atoms with Gasteiger partial charge >= 0.3 is 5.97 Å². The number of hydrogen-bond donors (Lipinski definition) is 2. The fraction of sp³-hybridized carbons (Fsp3) is 0.231. The van der Waals surface area contributed by atoms with Crippen LogP contribution in [-0.2, 0) is 0 Å². The summed E-state index contributed by atoms with van der Waals surface area (Å²) in [5.41, 5.74) is 3.47. The first kappa shape index (κ1) is 13.6. The van der Waals surface area contributed by atoms with Gasteiger partial charge < -0.3 is 9.84 Å². The van der Waals surface area contributed by atoms with Crippen molar-refractivity contribution in [3.05, 3.63) is 33.4 Å². The van der Waals surface area contributed by atoms with E-state index in [-0.39, 0.29) is 5.69 Å². The molecule has 0 aliphatic rings. The zero-order valence-electron chi connectivity index (χ0n) is 10.7. The third-order valence-electron chi connectivity index (χ3n) is 3.02. The molecule has 2 N–H and O–H groups in total. The molecule has 0 atom stereocenters. The third kappa shape index (κ3) is 2.35. The van der Waals surface area contributed by atoms with Crippen LogP contribution in [0.1, 0.15) is 21.6 Å². The molecule has 0 radical (unpaired) electrons. The summed E-state index contributed by atoms with van der Waals surface area (Å²) in [5, 5.41) is 15.5. The van der Waals surface area contributed by atoms with Crippen LogP contribution in [0.3, 0.4) is 0 Å². The number of rotatable bonds is 3. The van der Waals surface area contributed by atoms with Crippen LogP contribution in [0.2, 0.25) is 0 Å². The van der Waals surface area contributed by atoms with Gasteiger partial charge in [0.1, 0.15) is 11.4 Å². The number of halogens is 1. The Balaban J connectivity index is 2.69. The number of aromatic amines is 1. The number of carboxylic acids is 1. The van der Waals surface area contributed by atoms with Crippen molar-refractivity contribution in [1.29, 1.82) is 0 Å². The average molecular weight is 325 g/mol. The first-order chi connectivity index (χ1) is 8.95. The van der Waals surface area contributed by atoms with E-state index in [1.165, 1.54) is 6.07 Å². The molecule has 0 bridgehead atoms. The van der Waals surface area contributed by atoms with Crippen LogP contribution in [-0.4, -0.2) is 28.4 Å². The Morgan fingerprint density at radius 1 is 1.42 bits per heavy atom. The Bertz CT molecular complexity index is 650.